The molecule has 1 aliphatic rings. The van der Waals surface area contributed by atoms with E-state index in [9.17, 15) is 0 Å². The highest BCUT2D eigenvalue weighted by Gasteiger charge is 2.36. The minimum Gasteiger partial charge on any atom is -0.321 e. The Labute approximate surface area is 85.3 Å². The van der Waals surface area contributed by atoms with Crippen LogP contribution in [0.15, 0.2) is 12.4 Å². The zero-order valence-corrected chi connectivity index (χ0v) is 9.03. The molecule has 1 saturated carbocycles. The molecule has 0 spiro atoms. The summed E-state index contributed by atoms with van der Waals surface area (Å²) >= 11 is 0. The van der Waals surface area contributed by atoms with Gasteiger partial charge in [0.2, 0.25) is 0 Å². The van der Waals surface area contributed by atoms with Crippen molar-refractivity contribution in [2.45, 2.75) is 38.1 Å². The molecular formula is C11H19N3. The first-order chi connectivity index (χ1) is 6.63. The molecular weight excluding hydrogens is 174 g/mol. The zero-order valence-electron chi connectivity index (χ0n) is 9.03. The minimum absolute atomic E-state index is 0.132. The average molecular weight is 193 g/mol. The van der Waals surface area contributed by atoms with Crippen LogP contribution in [0.1, 0.15) is 38.2 Å². The van der Waals surface area contributed by atoms with Crippen LogP contribution in [0.4, 0.5) is 0 Å². The first-order valence-corrected chi connectivity index (χ1v) is 5.41. The molecule has 0 aromatic carbocycles. The van der Waals surface area contributed by atoms with Crippen molar-refractivity contribution in [1.82, 2.24) is 9.78 Å². The smallest absolute Gasteiger partial charge is 0.0540 e. The first-order valence-electron chi connectivity index (χ1n) is 5.41. The number of hydrogen-bond donors (Lipinski definition) is 1. The molecule has 1 aliphatic carbocycles. The van der Waals surface area contributed by atoms with Crippen LogP contribution >= 0.6 is 0 Å². The third-order valence-electron chi connectivity index (χ3n) is 3.60. The SMILES string of the molecule is CC1CCCCC1(N)c1cnn(C)c1. The largest absolute Gasteiger partial charge is 0.321 e. The number of nitrogens with zero attached hydrogens (tertiary/aromatic N) is 2. The molecule has 2 N–H and O–H groups in total. The maximum atomic E-state index is 6.48. The summed E-state index contributed by atoms with van der Waals surface area (Å²) in [7, 11) is 1.94. The van der Waals surface area contributed by atoms with E-state index in [4.69, 9.17) is 5.73 Å². The van der Waals surface area contributed by atoms with Crippen LogP contribution in [0.3, 0.4) is 0 Å². The van der Waals surface area contributed by atoms with Gasteiger partial charge in [-0.15, -0.1) is 0 Å². The number of rotatable bonds is 1. The standard InChI is InChI=1S/C11H19N3/c1-9-5-3-4-6-11(9,12)10-7-13-14(2)8-10/h7-9H,3-6,12H2,1-2H3. The van der Waals surface area contributed by atoms with Gasteiger partial charge in [-0.25, -0.2) is 0 Å². The van der Waals surface area contributed by atoms with Crippen molar-refractivity contribution >= 4 is 0 Å². The Kier molecular flexibility index (Phi) is 2.35. The van der Waals surface area contributed by atoms with Gasteiger partial charge in [-0.2, -0.15) is 5.10 Å². The van der Waals surface area contributed by atoms with E-state index >= 15 is 0 Å². The maximum Gasteiger partial charge on any atom is 0.0540 e. The van der Waals surface area contributed by atoms with Gasteiger partial charge in [-0.1, -0.05) is 19.8 Å². The summed E-state index contributed by atoms with van der Waals surface area (Å²) < 4.78 is 1.84. The van der Waals surface area contributed by atoms with Gasteiger partial charge in [0.15, 0.2) is 0 Å². The molecule has 0 saturated heterocycles. The van der Waals surface area contributed by atoms with E-state index < -0.39 is 0 Å². The van der Waals surface area contributed by atoms with Gasteiger partial charge in [-0.05, 0) is 18.8 Å². The van der Waals surface area contributed by atoms with E-state index in [1.165, 1.54) is 24.8 Å². The van der Waals surface area contributed by atoms with Crippen LogP contribution in [0, 0.1) is 5.92 Å². The molecule has 0 aliphatic heterocycles. The van der Waals surface area contributed by atoms with Crippen molar-refractivity contribution in [3.05, 3.63) is 18.0 Å². The summed E-state index contributed by atoms with van der Waals surface area (Å²) in [4.78, 5) is 0. The summed E-state index contributed by atoms with van der Waals surface area (Å²) in [6.07, 6.45) is 8.88. The van der Waals surface area contributed by atoms with E-state index in [0.29, 0.717) is 5.92 Å². The normalized spacial score (nSPS) is 33.2. The Balaban J connectivity index is 2.29. The van der Waals surface area contributed by atoms with Crippen molar-refractivity contribution in [3.63, 3.8) is 0 Å². The van der Waals surface area contributed by atoms with E-state index in [1.54, 1.807) is 0 Å². The molecule has 2 unspecified atom stereocenters. The van der Waals surface area contributed by atoms with Gasteiger partial charge in [0.25, 0.3) is 0 Å². The third-order valence-corrected chi connectivity index (χ3v) is 3.60. The maximum absolute atomic E-state index is 6.48. The summed E-state index contributed by atoms with van der Waals surface area (Å²) in [5.74, 6) is 0.570. The molecule has 14 heavy (non-hydrogen) atoms. The Hall–Kier alpha value is -0.830. The van der Waals surface area contributed by atoms with Gasteiger partial charge < -0.3 is 5.73 Å². The molecule has 3 heteroatoms. The van der Waals surface area contributed by atoms with Gasteiger partial charge in [0.05, 0.1) is 6.20 Å². The lowest BCUT2D eigenvalue weighted by molar-refractivity contribution is 0.207. The molecule has 1 aromatic heterocycles. The van der Waals surface area contributed by atoms with Crippen LogP contribution in [-0.2, 0) is 12.6 Å². The summed E-state index contributed by atoms with van der Waals surface area (Å²) in [5.41, 5.74) is 7.55. The fraction of sp³-hybridized carbons (Fsp3) is 0.727. The van der Waals surface area contributed by atoms with E-state index in [1.807, 2.05) is 17.9 Å². The summed E-state index contributed by atoms with van der Waals surface area (Å²) in [6.45, 7) is 2.26. The first kappa shape index (κ1) is 9.71. The topological polar surface area (TPSA) is 43.8 Å². The van der Waals surface area contributed by atoms with Gasteiger partial charge in [0.1, 0.15) is 0 Å². The van der Waals surface area contributed by atoms with Crippen LogP contribution in [0.2, 0.25) is 0 Å². The highest BCUT2D eigenvalue weighted by molar-refractivity contribution is 5.19. The fourth-order valence-electron chi connectivity index (χ4n) is 2.46. The molecule has 1 fully saturated rings. The van der Waals surface area contributed by atoms with E-state index in [2.05, 4.69) is 18.2 Å². The van der Waals surface area contributed by atoms with E-state index in [0.717, 1.165) is 6.42 Å². The average Bonchev–Trinajstić information content (AvgIpc) is 2.58. The molecule has 1 aromatic rings. The third kappa shape index (κ3) is 1.46. The molecule has 2 atom stereocenters. The van der Waals surface area contributed by atoms with Crippen LogP contribution in [-0.4, -0.2) is 9.78 Å². The summed E-state index contributed by atoms with van der Waals surface area (Å²) in [5, 5.41) is 4.21. The Morgan fingerprint density at radius 1 is 1.57 bits per heavy atom. The summed E-state index contributed by atoms with van der Waals surface area (Å²) in [6, 6.07) is 0. The number of aromatic nitrogens is 2. The van der Waals surface area contributed by atoms with Crippen molar-refractivity contribution in [3.8, 4) is 0 Å². The van der Waals surface area contributed by atoms with Crippen LogP contribution in [0.25, 0.3) is 0 Å². The lowest BCUT2D eigenvalue weighted by atomic mass is 9.71. The predicted molar refractivity (Wildman–Crippen MR) is 56.7 cm³/mol. The fourth-order valence-corrected chi connectivity index (χ4v) is 2.46. The van der Waals surface area contributed by atoms with Crippen molar-refractivity contribution in [2.24, 2.45) is 18.7 Å². The number of hydrogen-bond acceptors (Lipinski definition) is 2. The zero-order chi connectivity index (χ0) is 10.2. The van der Waals surface area contributed by atoms with Crippen LogP contribution in [0.5, 0.6) is 0 Å². The molecule has 0 amide bonds. The molecule has 3 nitrogen and oxygen atoms in total. The molecule has 78 valence electrons. The van der Waals surface area contributed by atoms with Crippen molar-refractivity contribution < 1.29 is 0 Å². The predicted octanol–water partition coefficient (Wildman–Crippen LogP) is 1.78. The van der Waals surface area contributed by atoms with Crippen LogP contribution < -0.4 is 5.73 Å². The van der Waals surface area contributed by atoms with E-state index in [-0.39, 0.29) is 5.54 Å². The molecule has 0 bridgehead atoms. The van der Waals surface area contributed by atoms with Gasteiger partial charge in [-0.3, -0.25) is 4.68 Å². The minimum atomic E-state index is -0.132. The molecule has 1 heterocycles. The Morgan fingerprint density at radius 2 is 2.36 bits per heavy atom. The second-order valence-corrected chi connectivity index (χ2v) is 4.59. The lowest BCUT2D eigenvalue weighted by Crippen LogP contribution is -2.44. The highest BCUT2D eigenvalue weighted by Crippen LogP contribution is 2.38. The number of nitrogens with two attached hydrogens (primary N) is 1. The lowest BCUT2D eigenvalue weighted by Gasteiger charge is -2.38. The second-order valence-electron chi connectivity index (χ2n) is 4.59. The Morgan fingerprint density at radius 3 is 2.93 bits per heavy atom. The van der Waals surface area contributed by atoms with Crippen molar-refractivity contribution in [2.75, 3.05) is 0 Å². The molecule has 0 radical (unpaired) electrons. The monoisotopic (exact) mass is 193 g/mol. The Bertz CT molecular complexity index is 318. The quantitative estimate of drug-likeness (QED) is 0.739. The van der Waals surface area contributed by atoms with Gasteiger partial charge in [0, 0.05) is 24.3 Å². The van der Waals surface area contributed by atoms with Gasteiger partial charge >= 0.3 is 0 Å². The second kappa shape index (κ2) is 3.39. The van der Waals surface area contributed by atoms with Crippen molar-refractivity contribution in [1.29, 1.82) is 0 Å². The highest BCUT2D eigenvalue weighted by atomic mass is 15.2. The molecule has 2 rings (SSSR count). The number of aryl methyl sites for hydroxylation is 1.